The number of nitrogens with zero attached hydrogens (tertiary/aromatic N) is 1. The van der Waals surface area contributed by atoms with Crippen LogP contribution in [0.2, 0.25) is 0 Å². The largest absolute Gasteiger partial charge is 0.479 e. The predicted molar refractivity (Wildman–Crippen MR) is 67.5 cm³/mol. The fraction of sp³-hybridized carbons (Fsp3) is 0.417. The minimum atomic E-state index is -4.92. The quantitative estimate of drug-likeness (QED) is 0.825. The molecule has 1 aliphatic rings. The van der Waals surface area contributed by atoms with Crippen LogP contribution >= 0.6 is 0 Å². The molecule has 0 radical (unpaired) electrons. The van der Waals surface area contributed by atoms with Crippen LogP contribution < -0.4 is 0 Å². The van der Waals surface area contributed by atoms with Crippen LogP contribution in [0.4, 0.5) is 17.6 Å². The van der Waals surface area contributed by atoms with Crippen LogP contribution in [0.1, 0.15) is 5.56 Å². The maximum absolute atomic E-state index is 13.4. The summed E-state index contributed by atoms with van der Waals surface area (Å²) in [6, 6.07) is 0.942. The van der Waals surface area contributed by atoms with Crippen molar-refractivity contribution in [2.24, 2.45) is 0 Å². The molecule has 1 unspecified atom stereocenters. The topological polar surface area (TPSA) is 83.9 Å². The molecule has 0 aliphatic carbocycles. The molecule has 1 saturated heterocycles. The van der Waals surface area contributed by atoms with Crippen molar-refractivity contribution in [2.75, 3.05) is 19.7 Å². The highest BCUT2D eigenvalue weighted by atomic mass is 32.2. The Labute approximate surface area is 128 Å². The van der Waals surface area contributed by atoms with E-state index >= 15 is 0 Å². The van der Waals surface area contributed by atoms with Crippen LogP contribution in [-0.4, -0.2) is 49.6 Å². The van der Waals surface area contributed by atoms with Gasteiger partial charge in [-0.3, -0.25) is 0 Å². The van der Waals surface area contributed by atoms with E-state index in [0.717, 1.165) is 0 Å². The summed E-state index contributed by atoms with van der Waals surface area (Å²) < 4.78 is 81.5. The van der Waals surface area contributed by atoms with Gasteiger partial charge in [-0.05, 0) is 18.2 Å². The van der Waals surface area contributed by atoms with Crippen LogP contribution in [0.3, 0.4) is 0 Å². The van der Waals surface area contributed by atoms with Crippen molar-refractivity contribution >= 4 is 16.0 Å². The smallest absolute Gasteiger partial charge is 0.416 e. The zero-order chi connectivity index (χ0) is 17.4. The number of hydrogen-bond donors (Lipinski definition) is 1. The predicted octanol–water partition coefficient (Wildman–Crippen LogP) is 1.32. The zero-order valence-electron chi connectivity index (χ0n) is 11.4. The molecule has 0 spiro atoms. The van der Waals surface area contributed by atoms with Gasteiger partial charge in [0.2, 0.25) is 10.0 Å². The molecule has 1 fully saturated rings. The molecule has 6 nitrogen and oxygen atoms in total. The van der Waals surface area contributed by atoms with Crippen molar-refractivity contribution in [3.63, 3.8) is 0 Å². The highest BCUT2D eigenvalue weighted by molar-refractivity contribution is 7.89. The molecule has 128 valence electrons. The molecule has 1 N–H and O–H groups in total. The lowest BCUT2D eigenvalue weighted by molar-refractivity contribution is -0.153. The van der Waals surface area contributed by atoms with Gasteiger partial charge in [-0.2, -0.15) is 17.5 Å². The molecular formula is C12H11F4NO5S. The van der Waals surface area contributed by atoms with Gasteiger partial charge in [0.1, 0.15) is 5.82 Å². The number of carboxylic acid groups (broad SMARTS) is 1. The van der Waals surface area contributed by atoms with Crippen LogP contribution in [0.5, 0.6) is 0 Å². The van der Waals surface area contributed by atoms with E-state index in [-0.39, 0.29) is 19.2 Å². The van der Waals surface area contributed by atoms with Crippen molar-refractivity contribution < 1.29 is 40.6 Å². The number of aliphatic carboxylic acids is 1. The monoisotopic (exact) mass is 357 g/mol. The molecule has 0 aromatic heterocycles. The number of rotatable bonds is 3. The number of ether oxygens (including phenoxy) is 1. The average molecular weight is 357 g/mol. The number of alkyl halides is 3. The summed E-state index contributed by atoms with van der Waals surface area (Å²) >= 11 is 0. The van der Waals surface area contributed by atoms with E-state index < -0.39 is 51.1 Å². The second-order valence-corrected chi connectivity index (χ2v) is 6.67. The van der Waals surface area contributed by atoms with E-state index in [9.17, 15) is 30.8 Å². The molecule has 1 aliphatic heterocycles. The average Bonchev–Trinajstić information content (AvgIpc) is 2.45. The molecule has 0 saturated carbocycles. The lowest BCUT2D eigenvalue weighted by atomic mass is 10.2. The zero-order valence-corrected chi connectivity index (χ0v) is 12.2. The van der Waals surface area contributed by atoms with E-state index in [2.05, 4.69) is 0 Å². The summed E-state index contributed by atoms with van der Waals surface area (Å²) in [6.07, 6.45) is -6.35. The molecule has 1 atom stereocenters. The third-order valence-corrected chi connectivity index (χ3v) is 4.98. The van der Waals surface area contributed by atoms with Gasteiger partial charge in [0.15, 0.2) is 6.10 Å². The Bertz CT molecular complexity index is 719. The summed E-state index contributed by atoms with van der Waals surface area (Å²) in [5.74, 6) is -2.76. The Hall–Kier alpha value is -1.72. The minimum absolute atomic E-state index is 0.179. The molecule has 0 amide bonds. The van der Waals surface area contributed by atoms with Crippen molar-refractivity contribution in [3.05, 3.63) is 29.6 Å². The van der Waals surface area contributed by atoms with Gasteiger partial charge < -0.3 is 9.84 Å². The van der Waals surface area contributed by atoms with Crippen LogP contribution in [0, 0.1) is 5.82 Å². The van der Waals surface area contributed by atoms with E-state index in [4.69, 9.17) is 9.84 Å². The van der Waals surface area contributed by atoms with Gasteiger partial charge in [-0.25, -0.2) is 17.6 Å². The Morgan fingerprint density at radius 2 is 1.96 bits per heavy atom. The first-order valence-corrected chi connectivity index (χ1v) is 7.68. The summed E-state index contributed by atoms with van der Waals surface area (Å²) in [5, 5.41) is 8.83. The van der Waals surface area contributed by atoms with Gasteiger partial charge in [-0.1, -0.05) is 0 Å². The van der Waals surface area contributed by atoms with Gasteiger partial charge >= 0.3 is 12.1 Å². The van der Waals surface area contributed by atoms with Gasteiger partial charge in [0.25, 0.3) is 0 Å². The number of sulfonamides is 1. The third kappa shape index (κ3) is 3.79. The first-order valence-electron chi connectivity index (χ1n) is 6.24. The van der Waals surface area contributed by atoms with Gasteiger partial charge in [0.05, 0.1) is 23.6 Å². The maximum atomic E-state index is 13.4. The summed E-state index contributed by atoms with van der Waals surface area (Å²) in [5.41, 5.74) is -1.45. The van der Waals surface area contributed by atoms with E-state index in [0.29, 0.717) is 16.4 Å². The normalized spacial score (nSPS) is 20.4. The molecule has 1 aromatic carbocycles. The molecule has 0 bridgehead atoms. The fourth-order valence-corrected chi connectivity index (χ4v) is 3.50. The second-order valence-electron chi connectivity index (χ2n) is 4.73. The first kappa shape index (κ1) is 17.6. The van der Waals surface area contributed by atoms with Crippen molar-refractivity contribution in [1.29, 1.82) is 0 Å². The number of hydrogen-bond acceptors (Lipinski definition) is 4. The van der Waals surface area contributed by atoms with Crippen LogP contribution in [-0.2, 0) is 25.7 Å². The Kier molecular flexibility index (Phi) is 4.64. The highest BCUT2D eigenvalue weighted by Gasteiger charge is 2.37. The molecule has 1 heterocycles. The van der Waals surface area contributed by atoms with Crippen molar-refractivity contribution in [1.82, 2.24) is 4.31 Å². The number of carboxylic acids is 1. The molecule has 2 rings (SSSR count). The molecular weight excluding hydrogens is 346 g/mol. The van der Waals surface area contributed by atoms with E-state index in [1.165, 1.54) is 0 Å². The maximum Gasteiger partial charge on any atom is 0.416 e. The van der Waals surface area contributed by atoms with Crippen molar-refractivity contribution in [2.45, 2.75) is 17.2 Å². The summed E-state index contributed by atoms with van der Waals surface area (Å²) in [7, 11) is -4.48. The highest BCUT2D eigenvalue weighted by Crippen LogP contribution is 2.32. The second kappa shape index (κ2) is 6.06. The lowest BCUT2D eigenvalue weighted by Gasteiger charge is -2.30. The Morgan fingerprint density at radius 1 is 1.30 bits per heavy atom. The summed E-state index contributed by atoms with van der Waals surface area (Å²) in [4.78, 5) is 9.96. The lowest BCUT2D eigenvalue weighted by Crippen LogP contribution is -2.48. The molecule has 1 aromatic rings. The van der Waals surface area contributed by atoms with E-state index in [1.807, 2.05) is 0 Å². The molecule has 11 heteroatoms. The Morgan fingerprint density at radius 3 is 2.52 bits per heavy atom. The van der Waals surface area contributed by atoms with Crippen LogP contribution in [0.25, 0.3) is 0 Å². The van der Waals surface area contributed by atoms with Crippen LogP contribution in [0.15, 0.2) is 23.1 Å². The van der Waals surface area contributed by atoms with Gasteiger partial charge in [0, 0.05) is 6.54 Å². The van der Waals surface area contributed by atoms with Crippen molar-refractivity contribution in [3.8, 4) is 0 Å². The summed E-state index contributed by atoms with van der Waals surface area (Å²) in [6.45, 7) is -1.06. The third-order valence-electron chi connectivity index (χ3n) is 3.14. The number of carbonyl (C=O) groups is 1. The number of halogens is 4. The number of morpholine rings is 1. The minimum Gasteiger partial charge on any atom is -0.479 e. The van der Waals surface area contributed by atoms with Gasteiger partial charge in [-0.15, -0.1) is 0 Å². The number of benzene rings is 1. The van der Waals surface area contributed by atoms with E-state index in [1.54, 1.807) is 0 Å². The SMILES string of the molecule is O=C(O)C1CN(S(=O)(=O)c2cc(F)cc(C(F)(F)F)c2)CCO1. The fourth-order valence-electron chi connectivity index (χ4n) is 2.02. The standard InChI is InChI=1S/C12H11F4NO5S/c13-8-3-7(12(14,15)16)4-9(5-8)23(20,21)17-1-2-22-10(6-17)11(18)19/h3-5,10H,1-2,6H2,(H,18,19). The molecule has 23 heavy (non-hydrogen) atoms. The Balaban J connectivity index is 2.40. The first-order chi connectivity index (χ1) is 10.5.